The van der Waals surface area contributed by atoms with Gasteiger partial charge >= 0.3 is 5.79 Å². The SMILES string of the molecule is CC(=O)C1CC([N+](=O)[O-])([N+](=O)[O-])N(OC2(c3ccccc3)CCCC2[N+](=O)[O-])O1. The van der Waals surface area contributed by atoms with Gasteiger partial charge < -0.3 is 0 Å². The topological polar surface area (TPSA) is 168 Å². The van der Waals surface area contributed by atoms with E-state index in [0.29, 0.717) is 12.0 Å². The maximum atomic E-state index is 11.7. The molecule has 1 aromatic carbocycles. The second-order valence-electron chi connectivity index (χ2n) is 6.99. The number of carbonyl (C=O) groups excluding carboxylic acids is 1. The second-order valence-corrected chi connectivity index (χ2v) is 6.99. The molecule has 1 heterocycles. The molecule has 2 aliphatic rings. The molecule has 0 spiro atoms. The van der Waals surface area contributed by atoms with E-state index in [-0.39, 0.29) is 18.1 Å². The van der Waals surface area contributed by atoms with Gasteiger partial charge in [0.15, 0.2) is 17.5 Å². The van der Waals surface area contributed by atoms with Crippen molar-refractivity contribution in [1.29, 1.82) is 0 Å². The Hall–Kier alpha value is -3.03. The number of hydrogen-bond donors (Lipinski definition) is 0. The van der Waals surface area contributed by atoms with E-state index in [4.69, 9.17) is 9.68 Å². The smallest absolute Gasteiger partial charge is 0.297 e. The van der Waals surface area contributed by atoms with Crippen LogP contribution in [-0.4, -0.2) is 43.7 Å². The number of ketones is 1. The highest BCUT2D eigenvalue weighted by Crippen LogP contribution is 2.47. The lowest BCUT2D eigenvalue weighted by atomic mass is 9.89. The Kier molecular flexibility index (Phi) is 5.30. The molecule has 1 saturated carbocycles. The summed E-state index contributed by atoms with van der Waals surface area (Å²) in [4.78, 5) is 54.6. The summed E-state index contributed by atoms with van der Waals surface area (Å²) in [5.74, 6) is -3.78. The Morgan fingerprint density at radius 2 is 1.79 bits per heavy atom. The monoisotopic (exact) mass is 410 g/mol. The minimum Gasteiger partial charge on any atom is -0.297 e. The highest BCUT2D eigenvalue weighted by atomic mass is 17.0. The average molecular weight is 410 g/mol. The van der Waals surface area contributed by atoms with Crippen LogP contribution >= 0.6 is 0 Å². The van der Waals surface area contributed by atoms with Gasteiger partial charge in [-0.25, -0.2) is 4.84 Å². The maximum Gasteiger partial charge on any atom is 0.569 e. The van der Waals surface area contributed by atoms with Crippen LogP contribution in [0.1, 0.15) is 38.2 Å². The Labute approximate surface area is 163 Å². The van der Waals surface area contributed by atoms with Crippen molar-refractivity contribution < 1.29 is 29.2 Å². The molecular formula is C16H18N4O9. The van der Waals surface area contributed by atoms with E-state index in [9.17, 15) is 35.1 Å². The zero-order valence-corrected chi connectivity index (χ0v) is 15.3. The first-order chi connectivity index (χ1) is 13.6. The van der Waals surface area contributed by atoms with Crippen LogP contribution in [0.15, 0.2) is 30.3 Å². The van der Waals surface area contributed by atoms with Gasteiger partial charge in [0.25, 0.3) is 0 Å². The van der Waals surface area contributed by atoms with Crippen LogP contribution < -0.4 is 0 Å². The first-order valence-corrected chi connectivity index (χ1v) is 8.80. The molecule has 0 aromatic heterocycles. The minimum atomic E-state index is -3.11. The van der Waals surface area contributed by atoms with E-state index < -0.39 is 50.5 Å². The Morgan fingerprint density at radius 1 is 1.17 bits per heavy atom. The molecule has 0 bridgehead atoms. The normalized spacial score (nSPS) is 28.9. The number of nitro groups is 3. The van der Waals surface area contributed by atoms with Crippen LogP contribution in [0.3, 0.4) is 0 Å². The first kappa shape index (κ1) is 20.7. The van der Waals surface area contributed by atoms with Crippen molar-refractivity contribution in [2.45, 2.75) is 56.1 Å². The zero-order valence-electron chi connectivity index (χ0n) is 15.3. The van der Waals surface area contributed by atoms with E-state index in [1.54, 1.807) is 30.3 Å². The summed E-state index contributed by atoms with van der Waals surface area (Å²) in [6.07, 6.45) is -1.84. The number of rotatable bonds is 7. The molecule has 1 aliphatic carbocycles. The van der Waals surface area contributed by atoms with E-state index in [0.717, 1.165) is 6.92 Å². The molecule has 3 unspecified atom stereocenters. The number of hydrogen-bond acceptors (Lipinski definition) is 10. The summed E-state index contributed by atoms with van der Waals surface area (Å²) in [7, 11) is 0. The van der Waals surface area contributed by atoms with Crippen molar-refractivity contribution in [1.82, 2.24) is 5.23 Å². The summed E-state index contributed by atoms with van der Waals surface area (Å²) in [5.41, 5.74) is -1.40. The molecule has 1 aromatic rings. The summed E-state index contributed by atoms with van der Waals surface area (Å²) >= 11 is 0. The van der Waals surface area contributed by atoms with E-state index in [1.807, 2.05) is 0 Å². The highest BCUT2D eigenvalue weighted by Gasteiger charge is 2.74. The second kappa shape index (κ2) is 7.42. The van der Waals surface area contributed by atoms with E-state index >= 15 is 0 Å². The van der Waals surface area contributed by atoms with Crippen molar-refractivity contribution in [3.63, 3.8) is 0 Å². The van der Waals surface area contributed by atoms with Crippen LogP contribution in [0, 0.1) is 30.3 Å². The Balaban J connectivity index is 2.11. The van der Waals surface area contributed by atoms with Crippen LogP contribution in [0.2, 0.25) is 0 Å². The van der Waals surface area contributed by atoms with Crippen LogP contribution in [0.4, 0.5) is 0 Å². The van der Waals surface area contributed by atoms with E-state index in [1.165, 1.54) is 0 Å². The highest BCUT2D eigenvalue weighted by molar-refractivity contribution is 5.80. The van der Waals surface area contributed by atoms with Gasteiger partial charge in [-0.15, -0.1) is 0 Å². The molecule has 1 aliphatic heterocycles. The van der Waals surface area contributed by atoms with Gasteiger partial charge in [-0.05, 0) is 25.3 Å². The van der Waals surface area contributed by atoms with Crippen molar-refractivity contribution in [3.8, 4) is 0 Å². The largest absolute Gasteiger partial charge is 0.569 e. The van der Waals surface area contributed by atoms with Crippen LogP contribution in [0.5, 0.6) is 0 Å². The number of hydroxylamine groups is 2. The Bertz CT molecular complexity index is 834. The van der Waals surface area contributed by atoms with Gasteiger partial charge in [-0.2, -0.15) is 0 Å². The standard InChI is InChI=1S/C16H18N4O9/c1-11(21)13-10-16(18(24)25,19(26)27)20(28-13)29-15(12-6-3-2-4-7-12)9-5-8-14(15)17(22)23/h2-4,6-7,13-14H,5,8-10H2,1H3. The van der Waals surface area contributed by atoms with Gasteiger partial charge in [-0.1, -0.05) is 30.3 Å². The quantitative estimate of drug-likeness (QED) is 0.364. The third kappa shape index (κ3) is 3.22. The lowest BCUT2D eigenvalue weighted by molar-refractivity contribution is -0.854. The number of carbonyl (C=O) groups is 1. The molecule has 13 nitrogen and oxygen atoms in total. The van der Waals surface area contributed by atoms with Crippen LogP contribution in [-0.2, 0) is 20.1 Å². The molecule has 3 rings (SSSR count). The first-order valence-electron chi connectivity index (χ1n) is 8.80. The molecule has 0 amide bonds. The lowest BCUT2D eigenvalue weighted by Gasteiger charge is -2.33. The summed E-state index contributed by atoms with van der Waals surface area (Å²) in [5, 5.41) is 35.2. The lowest BCUT2D eigenvalue weighted by Crippen LogP contribution is -2.59. The zero-order chi connectivity index (χ0) is 21.4. The predicted octanol–water partition coefficient (Wildman–Crippen LogP) is 1.44. The minimum absolute atomic E-state index is 0.0773. The number of benzene rings is 1. The van der Waals surface area contributed by atoms with Crippen molar-refractivity contribution >= 4 is 5.78 Å². The average Bonchev–Trinajstić information content (AvgIpc) is 3.26. The van der Waals surface area contributed by atoms with E-state index in [2.05, 4.69) is 0 Å². The molecule has 3 atom stereocenters. The van der Waals surface area contributed by atoms with Gasteiger partial charge in [0, 0.05) is 11.3 Å². The Morgan fingerprint density at radius 3 is 2.31 bits per heavy atom. The molecule has 13 heteroatoms. The van der Waals surface area contributed by atoms with Crippen molar-refractivity contribution in [2.24, 2.45) is 0 Å². The third-order valence-electron chi connectivity index (χ3n) is 5.34. The summed E-state index contributed by atoms with van der Waals surface area (Å²) in [6, 6.07) is 6.64. The summed E-state index contributed by atoms with van der Waals surface area (Å²) < 4.78 is 0. The third-order valence-corrected chi connectivity index (χ3v) is 5.34. The van der Waals surface area contributed by atoms with Crippen molar-refractivity contribution in [3.05, 3.63) is 66.2 Å². The van der Waals surface area contributed by atoms with Gasteiger partial charge in [0.2, 0.25) is 6.04 Å². The summed E-state index contributed by atoms with van der Waals surface area (Å²) in [6.45, 7) is 1.07. The van der Waals surface area contributed by atoms with Gasteiger partial charge in [0.05, 0.1) is 5.23 Å². The molecule has 29 heavy (non-hydrogen) atoms. The van der Waals surface area contributed by atoms with Crippen molar-refractivity contribution in [2.75, 3.05) is 0 Å². The maximum absolute atomic E-state index is 11.7. The molecular weight excluding hydrogens is 392 g/mol. The van der Waals surface area contributed by atoms with Gasteiger partial charge in [-0.3, -0.25) is 40.0 Å². The fourth-order valence-corrected chi connectivity index (χ4v) is 3.82. The molecule has 0 radical (unpaired) electrons. The van der Waals surface area contributed by atoms with Gasteiger partial charge in [0.1, 0.15) is 16.3 Å². The predicted molar refractivity (Wildman–Crippen MR) is 92.6 cm³/mol. The fourth-order valence-electron chi connectivity index (χ4n) is 3.82. The fraction of sp³-hybridized carbons (Fsp3) is 0.562. The molecule has 2 fully saturated rings. The number of nitrogens with zero attached hydrogens (tertiary/aromatic N) is 4. The number of Topliss-reactive ketones (excluding diaryl/α,β-unsaturated/α-hetero) is 1. The van der Waals surface area contributed by atoms with Crippen LogP contribution in [0.25, 0.3) is 0 Å². The molecule has 1 saturated heterocycles. The molecule has 0 N–H and O–H groups in total. The molecule has 156 valence electrons.